The molecule has 19 heavy (non-hydrogen) atoms. The highest BCUT2D eigenvalue weighted by atomic mass is 79.9. The number of nitrogens with one attached hydrogen (secondary N) is 1. The highest BCUT2D eigenvalue weighted by Crippen LogP contribution is 2.27. The number of rotatable bonds is 5. The number of hydrogen-bond acceptors (Lipinski definition) is 3. The second-order valence-corrected chi connectivity index (χ2v) is 7.53. The van der Waals surface area contributed by atoms with Gasteiger partial charge >= 0.3 is 0 Å². The van der Waals surface area contributed by atoms with Crippen LogP contribution in [0.25, 0.3) is 0 Å². The zero-order valence-electron chi connectivity index (χ0n) is 9.77. The van der Waals surface area contributed by atoms with E-state index in [1.54, 1.807) is 29.6 Å². The highest BCUT2D eigenvalue weighted by Gasteiger charge is 2.18. The van der Waals surface area contributed by atoms with E-state index in [0.29, 0.717) is 16.5 Å². The Labute approximate surface area is 123 Å². The Morgan fingerprint density at radius 1 is 1.26 bits per heavy atom. The van der Waals surface area contributed by atoms with Crippen LogP contribution in [0.15, 0.2) is 44.4 Å². The molecule has 0 radical (unpaired) electrons. The molecule has 0 aliphatic heterocycles. The Morgan fingerprint density at radius 3 is 2.63 bits per heavy atom. The van der Waals surface area contributed by atoms with Crippen LogP contribution in [-0.4, -0.2) is 15.0 Å². The van der Waals surface area contributed by atoms with Gasteiger partial charge in [0, 0.05) is 11.0 Å². The van der Waals surface area contributed by atoms with E-state index in [1.807, 2.05) is 0 Å². The van der Waals surface area contributed by atoms with Gasteiger partial charge in [0.25, 0.3) is 10.0 Å². The second-order valence-electron chi connectivity index (χ2n) is 3.80. The molecule has 0 aliphatic carbocycles. The quantitative estimate of drug-likeness (QED) is 0.886. The van der Waals surface area contributed by atoms with Gasteiger partial charge in [-0.25, -0.2) is 17.5 Å². The fourth-order valence-corrected chi connectivity index (χ4v) is 4.97. The van der Waals surface area contributed by atoms with Crippen molar-refractivity contribution in [3.63, 3.8) is 0 Å². The van der Waals surface area contributed by atoms with Crippen LogP contribution in [0.2, 0.25) is 0 Å². The first kappa shape index (κ1) is 14.6. The van der Waals surface area contributed by atoms with Crippen LogP contribution in [0.5, 0.6) is 0 Å². The number of thiophene rings is 1. The maximum atomic E-state index is 13.4. The van der Waals surface area contributed by atoms with E-state index in [4.69, 9.17) is 0 Å². The topological polar surface area (TPSA) is 46.2 Å². The molecule has 1 aromatic carbocycles. The number of benzene rings is 1. The van der Waals surface area contributed by atoms with Crippen LogP contribution in [-0.2, 0) is 16.4 Å². The molecule has 3 nitrogen and oxygen atoms in total. The van der Waals surface area contributed by atoms with Crippen molar-refractivity contribution in [2.24, 2.45) is 0 Å². The van der Waals surface area contributed by atoms with Gasteiger partial charge in [-0.05, 0) is 45.4 Å². The lowest BCUT2D eigenvalue weighted by Gasteiger charge is -2.06. The van der Waals surface area contributed by atoms with Crippen LogP contribution >= 0.6 is 27.3 Å². The van der Waals surface area contributed by atoms with Gasteiger partial charge in [0.1, 0.15) is 10.0 Å². The van der Waals surface area contributed by atoms with Gasteiger partial charge < -0.3 is 0 Å². The molecule has 0 saturated carbocycles. The first-order chi connectivity index (χ1) is 9.00. The van der Waals surface area contributed by atoms with Gasteiger partial charge in [-0.2, -0.15) is 0 Å². The summed E-state index contributed by atoms with van der Waals surface area (Å²) in [6.07, 6.45) is 0.314. The van der Waals surface area contributed by atoms with Crippen molar-refractivity contribution in [2.75, 3.05) is 6.54 Å². The molecule has 0 bridgehead atoms. The Balaban J connectivity index is 2.00. The predicted octanol–water partition coefficient (Wildman–Crippen LogP) is 3.17. The predicted molar refractivity (Wildman–Crippen MR) is 77.3 cm³/mol. The minimum Gasteiger partial charge on any atom is -0.210 e. The van der Waals surface area contributed by atoms with Crippen LogP contribution in [0, 0.1) is 5.82 Å². The summed E-state index contributed by atoms with van der Waals surface area (Å²) in [7, 11) is -3.53. The van der Waals surface area contributed by atoms with Gasteiger partial charge in [-0.15, -0.1) is 11.3 Å². The molecular formula is C12H11BrFNO2S2. The Morgan fingerprint density at radius 2 is 2.00 bits per heavy atom. The number of sulfonamides is 1. The monoisotopic (exact) mass is 363 g/mol. The summed E-state index contributed by atoms with van der Waals surface area (Å²) in [6, 6.07) is 8.01. The molecule has 2 aromatic rings. The first-order valence-electron chi connectivity index (χ1n) is 5.47. The van der Waals surface area contributed by atoms with Crippen LogP contribution in [0.4, 0.5) is 4.39 Å². The minimum atomic E-state index is -3.53. The summed E-state index contributed by atoms with van der Waals surface area (Å²) in [5, 5.41) is 1.69. The van der Waals surface area contributed by atoms with E-state index in [1.165, 1.54) is 6.07 Å². The number of halogens is 2. The summed E-state index contributed by atoms with van der Waals surface area (Å²) in [5.74, 6) is -0.320. The summed E-state index contributed by atoms with van der Waals surface area (Å²) in [6.45, 7) is 0.160. The normalized spacial score (nSPS) is 11.7. The van der Waals surface area contributed by atoms with E-state index in [0.717, 1.165) is 11.3 Å². The van der Waals surface area contributed by atoms with E-state index in [9.17, 15) is 12.8 Å². The molecule has 0 amide bonds. The first-order valence-corrected chi connectivity index (χ1v) is 8.62. The summed E-state index contributed by atoms with van der Waals surface area (Å²) in [5.41, 5.74) is 0.496. The van der Waals surface area contributed by atoms with Crippen molar-refractivity contribution >= 4 is 37.3 Å². The van der Waals surface area contributed by atoms with E-state index >= 15 is 0 Å². The Hall–Kier alpha value is -0.760. The number of hydrogen-bond donors (Lipinski definition) is 1. The SMILES string of the molecule is O=S(=O)(NCCc1ccccc1F)c1sccc1Br. The lowest BCUT2D eigenvalue weighted by Crippen LogP contribution is -2.25. The average Bonchev–Trinajstić information content (AvgIpc) is 2.79. The van der Waals surface area contributed by atoms with Crippen molar-refractivity contribution in [1.29, 1.82) is 0 Å². The molecular weight excluding hydrogens is 353 g/mol. The van der Waals surface area contributed by atoms with Gasteiger partial charge in [0.2, 0.25) is 0 Å². The molecule has 102 valence electrons. The molecule has 1 heterocycles. The fourth-order valence-electron chi connectivity index (χ4n) is 1.56. The van der Waals surface area contributed by atoms with Crippen LogP contribution in [0.1, 0.15) is 5.56 Å². The summed E-state index contributed by atoms with van der Waals surface area (Å²) < 4.78 is 40.5. The molecule has 2 rings (SSSR count). The maximum Gasteiger partial charge on any atom is 0.251 e. The molecule has 0 spiro atoms. The molecule has 1 N–H and O–H groups in total. The Bertz CT molecular complexity index is 670. The maximum absolute atomic E-state index is 13.4. The van der Waals surface area contributed by atoms with Crippen LogP contribution in [0.3, 0.4) is 0 Å². The molecule has 7 heteroatoms. The van der Waals surface area contributed by atoms with Gasteiger partial charge in [-0.1, -0.05) is 18.2 Å². The third-order valence-corrected chi connectivity index (χ3v) is 6.60. The molecule has 0 atom stereocenters. The lowest BCUT2D eigenvalue weighted by molar-refractivity contribution is 0.579. The fraction of sp³-hybridized carbons (Fsp3) is 0.167. The van der Waals surface area contributed by atoms with Gasteiger partial charge in [0.05, 0.1) is 0 Å². The molecule has 1 aromatic heterocycles. The molecule has 0 saturated heterocycles. The average molecular weight is 364 g/mol. The third kappa shape index (κ3) is 3.62. The second kappa shape index (κ2) is 6.13. The van der Waals surface area contributed by atoms with E-state index in [2.05, 4.69) is 20.7 Å². The largest absolute Gasteiger partial charge is 0.251 e. The smallest absolute Gasteiger partial charge is 0.210 e. The minimum absolute atomic E-state index is 0.160. The third-order valence-electron chi connectivity index (χ3n) is 2.47. The zero-order valence-corrected chi connectivity index (χ0v) is 13.0. The van der Waals surface area contributed by atoms with E-state index in [-0.39, 0.29) is 16.6 Å². The standard InChI is InChI=1S/C12H11BrFNO2S2/c13-10-6-8-18-12(10)19(16,17)15-7-5-9-3-1-2-4-11(9)14/h1-4,6,8,15H,5,7H2. The molecule has 0 unspecified atom stereocenters. The van der Waals surface area contributed by atoms with Crippen LogP contribution < -0.4 is 4.72 Å². The van der Waals surface area contributed by atoms with Crippen molar-refractivity contribution < 1.29 is 12.8 Å². The van der Waals surface area contributed by atoms with E-state index < -0.39 is 10.0 Å². The van der Waals surface area contributed by atoms with Crippen molar-refractivity contribution in [2.45, 2.75) is 10.6 Å². The van der Waals surface area contributed by atoms with Gasteiger partial charge in [-0.3, -0.25) is 0 Å². The van der Waals surface area contributed by atoms with Crippen molar-refractivity contribution in [1.82, 2.24) is 4.72 Å². The van der Waals surface area contributed by atoms with Crippen molar-refractivity contribution in [3.8, 4) is 0 Å². The lowest BCUT2D eigenvalue weighted by atomic mass is 10.1. The zero-order chi connectivity index (χ0) is 13.9. The summed E-state index contributed by atoms with van der Waals surface area (Å²) in [4.78, 5) is 0. The Kier molecular flexibility index (Phi) is 4.72. The molecule has 0 fully saturated rings. The summed E-state index contributed by atoms with van der Waals surface area (Å²) >= 11 is 4.32. The molecule has 0 aliphatic rings. The van der Waals surface area contributed by atoms with Crippen molar-refractivity contribution in [3.05, 3.63) is 51.6 Å². The van der Waals surface area contributed by atoms with Gasteiger partial charge in [0.15, 0.2) is 0 Å². The highest BCUT2D eigenvalue weighted by molar-refractivity contribution is 9.10.